The van der Waals surface area contributed by atoms with E-state index in [0.717, 1.165) is 7.11 Å². The van der Waals surface area contributed by atoms with Gasteiger partial charge in [-0.25, -0.2) is 0 Å². The number of nitrogens with zero attached hydrogens (tertiary/aromatic N) is 3. The van der Waals surface area contributed by atoms with E-state index in [2.05, 4.69) is 14.8 Å². The van der Waals surface area contributed by atoms with Crippen LogP contribution in [0.15, 0.2) is 5.11 Å². The van der Waals surface area contributed by atoms with Crippen molar-refractivity contribution in [3.05, 3.63) is 10.4 Å². The number of methoxy groups -OCH3 is 1. The highest BCUT2D eigenvalue weighted by Crippen LogP contribution is 2.06. The second-order valence-electron chi connectivity index (χ2n) is 2.33. The summed E-state index contributed by atoms with van der Waals surface area (Å²) in [5, 5.41) is 1.51. The first-order chi connectivity index (χ1) is 6.41. The Morgan fingerprint density at radius 3 is 2.64 bits per heavy atom. The maximum Gasteiger partial charge on any atom is 0.306 e. The van der Waals surface area contributed by atoms with Gasteiger partial charge in [-0.3, -0.25) is 9.35 Å². The Bertz CT molecular complexity index is 344. The summed E-state index contributed by atoms with van der Waals surface area (Å²) in [7, 11) is -3.33. The smallest absolute Gasteiger partial charge is 0.306 e. The van der Waals surface area contributed by atoms with Gasteiger partial charge in [0.15, 0.2) is 0 Å². The lowest BCUT2D eigenvalue weighted by Gasteiger charge is -2.08. The van der Waals surface area contributed by atoms with E-state index in [9.17, 15) is 13.2 Å². The first-order valence-electron chi connectivity index (χ1n) is 3.45. The SMILES string of the molecule is COC(=O)CC(CN=[N+]=[N-])S(=O)(=O)O. The fourth-order valence-electron chi connectivity index (χ4n) is 0.661. The Kier molecular flexibility index (Phi) is 4.92. The van der Waals surface area contributed by atoms with Crippen LogP contribution in [0.4, 0.5) is 0 Å². The lowest BCUT2D eigenvalue weighted by molar-refractivity contribution is -0.140. The summed E-state index contributed by atoms with van der Waals surface area (Å²) in [6, 6.07) is 0. The molecule has 0 aromatic rings. The van der Waals surface area contributed by atoms with Crippen LogP contribution in [-0.4, -0.2) is 37.8 Å². The highest BCUT2D eigenvalue weighted by Gasteiger charge is 2.25. The average Bonchev–Trinajstić information content (AvgIpc) is 2.09. The molecule has 0 aromatic carbocycles. The van der Waals surface area contributed by atoms with Crippen molar-refractivity contribution < 1.29 is 22.5 Å². The molecule has 0 rings (SSSR count). The molecule has 0 saturated heterocycles. The molecule has 14 heavy (non-hydrogen) atoms. The van der Waals surface area contributed by atoms with Gasteiger partial charge in [-0.05, 0) is 5.53 Å². The predicted molar refractivity (Wildman–Crippen MR) is 46.0 cm³/mol. The first kappa shape index (κ1) is 12.7. The van der Waals surface area contributed by atoms with Crippen LogP contribution in [0.1, 0.15) is 6.42 Å². The van der Waals surface area contributed by atoms with Crippen molar-refractivity contribution in [2.24, 2.45) is 5.11 Å². The molecule has 0 aliphatic carbocycles. The van der Waals surface area contributed by atoms with Crippen LogP contribution in [0.5, 0.6) is 0 Å². The Labute approximate surface area is 80.2 Å². The molecule has 0 aromatic heterocycles. The highest BCUT2D eigenvalue weighted by atomic mass is 32.2. The summed E-state index contributed by atoms with van der Waals surface area (Å²) in [5.74, 6) is -0.805. The second-order valence-corrected chi connectivity index (χ2v) is 4.03. The maximum atomic E-state index is 10.7. The molecule has 80 valence electrons. The molecule has 0 spiro atoms. The minimum atomic E-state index is -4.41. The van der Waals surface area contributed by atoms with Crippen molar-refractivity contribution in [3.8, 4) is 0 Å². The van der Waals surface area contributed by atoms with Crippen LogP contribution in [0.25, 0.3) is 10.4 Å². The van der Waals surface area contributed by atoms with Gasteiger partial charge >= 0.3 is 5.97 Å². The standard InChI is InChI=1S/C5H9N3O5S/c1-13-5(9)2-4(3-7-8-6)14(10,11)12/h4H,2-3H2,1H3,(H,10,11,12). The zero-order valence-corrected chi connectivity index (χ0v) is 8.14. The fraction of sp³-hybridized carbons (Fsp3) is 0.800. The zero-order valence-electron chi connectivity index (χ0n) is 7.32. The monoisotopic (exact) mass is 223 g/mol. The topological polar surface area (TPSA) is 129 Å². The number of carbonyl (C=O) groups excluding carboxylic acids is 1. The third-order valence-electron chi connectivity index (χ3n) is 1.39. The van der Waals surface area contributed by atoms with Crippen molar-refractivity contribution in [2.75, 3.05) is 13.7 Å². The van der Waals surface area contributed by atoms with Crippen molar-refractivity contribution >= 4 is 16.1 Å². The Morgan fingerprint density at radius 2 is 2.29 bits per heavy atom. The van der Waals surface area contributed by atoms with Gasteiger partial charge in [0.1, 0.15) is 5.25 Å². The van der Waals surface area contributed by atoms with Crippen LogP contribution < -0.4 is 0 Å². The molecule has 0 aliphatic rings. The molecule has 0 saturated carbocycles. The van der Waals surface area contributed by atoms with Crippen LogP contribution in [-0.2, 0) is 19.6 Å². The lowest BCUT2D eigenvalue weighted by atomic mass is 10.3. The second kappa shape index (κ2) is 5.43. The number of esters is 1. The minimum absolute atomic E-state index is 0.509. The van der Waals surface area contributed by atoms with Crippen LogP contribution >= 0.6 is 0 Å². The molecular weight excluding hydrogens is 214 g/mol. The summed E-state index contributed by atoms with van der Waals surface area (Å²) in [5.41, 5.74) is 7.94. The molecule has 0 radical (unpaired) electrons. The number of rotatable bonds is 5. The van der Waals surface area contributed by atoms with E-state index in [1.807, 2.05) is 0 Å². The largest absolute Gasteiger partial charge is 0.469 e. The number of azide groups is 1. The van der Waals surface area contributed by atoms with Crippen LogP contribution in [0.3, 0.4) is 0 Å². The molecule has 0 aliphatic heterocycles. The number of hydrogen-bond donors (Lipinski definition) is 1. The van der Waals surface area contributed by atoms with Crippen molar-refractivity contribution in [1.29, 1.82) is 0 Å². The molecule has 9 heteroatoms. The van der Waals surface area contributed by atoms with E-state index in [1.54, 1.807) is 0 Å². The van der Waals surface area contributed by atoms with Crippen molar-refractivity contribution in [3.63, 3.8) is 0 Å². The van der Waals surface area contributed by atoms with Crippen molar-refractivity contribution in [2.45, 2.75) is 11.7 Å². The third-order valence-corrected chi connectivity index (χ3v) is 2.55. The van der Waals surface area contributed by atoms with E-state index in [4.69, 9.17) is 10.1 Å². The lowest BCUT2D eigenvalue weighted by Crippen LogP contribution is -2.27. The third kappa shape index (κ3) is 4.65. The Balaban J connectivity index is 4.57. The van der Waals surface area contributed by atoms with Gasteiger partial charge in [-0.1, -0.05) is 5.11 Å². The molecular formula is C5H9N3O5S. The van der Waals surface area contributed by atoms with E-state index in [1.165, 1.54) is 0 Å². The van der Waals surface area contributed by atoms with E-state index >= 15 is 0 Å². The molecule has 0 fully saturated rings. The minimum Gasteiger partial charge on any atom is -0.469 e. The summed E-state index contributed by atoms with van der Waals surface area (Å²) in [6.07, 6.45) is -0.547. The molecule has 1 atom stereocenters. The van der Waals surface area contributed by atoms with Gasteiger partial charge in [-0.2, -0.15) is 8.42 Å². The molecule has 8 nitrogen and oxygen atoms in total. The average molecular weight is 223 g/mol. The molecule has 0 bridgehead atoms. The molecule has 0 amide bonds. The summed E-state index contributed by atoms with van der Waals surface area (Å²) in [4.78, 5) is 13.0. The predicted octanol–water partition coefficient (Wildman–Crippen LogP) is 0.116. The number of carbonyl (C=O) groups is 1. The quantitative estimate of drug-likeness (QED) is 0.232. The molecule has 1 N–H and O–H groups in total. The van der Waals surface area contributed by atoms with Crippen LogP contribution in [0, 0.1) is 0 Å². The normalized spacial score (nSPS) is 12.7. The van der Waals surface area contributed by atoms with Gasteiger partial charge in [0.25, 0.3) is 10.1 Å². The Hall–Kier alpha value is -1.31. The maximum absolute atomic E-state index is 10.7. The zero-order chi connectivity index (χ0) is 11.2. The van der Waals surface area contributed by atoms with Gasteiger partial charge in [0.2, 0.25) is 0 Å². The summed E-state index contributed by atoms with van der Waals surface area (Å²) in [6.45, 7) is -0.509. The summed E-state index contributed by atoms with van der Waals surface area (Å²) < 4.78 is 34.1. The molecule has 1 unspecified atom stereocenters. The Morgan fingerprint density at radius 1 is 1.71 bits per heavy atom. The van der Waals surface area contributed by atoms with Crippen molar-refractivity contribution in [1.82, 2.24) is 0 Å². The van der Waals surface area contributed by atoms with Gasteiger partial charge in [-0.15, -0.1) is 0 Å². The number of hydrogen-bond acceptors (Lipinski definition) is 5. The van der Waals surface area contributed by atoms with Gasteiger partial charge in [0.05, 0.1) is 13.5 Å². The fourth-order valence-corrected chi connectivity index (χ4v) is 1.26. The molecule has 0 heterocycles. The van der Waals surface area contributed by atoms with Gasteiger partial charge < -0.3 is 4.74 Å². The van der Waals surface area contributed by atoms with Crippen LogP contribution in [0.2, 0.25) is 0 Å². The van der Waals surface area contributed by atoms with E-state index < -0.39 is 34.3 Å². The van der Waals surface area contributed by atoms with Gasteiger partial charge in [0, 0.05) is 11.5 Å². The van der Waals surface area contributed by atoms with E-state index in [-0.39, 0.29) is 0 Å². The first-order valence-corrected chi connectivity index (χ1v) is 4.96. The summed E-state index contributed by atoms with van der Waals surface area (Å²) >= 11 is 0. The number of ether oxygens (including phenoxy) is 1. The highest BCUT2D eigenvalue weighted by molar-refractivity contribution is 7.86. The van der Waals surface area contributed by atoms with E-state index in [0.29, 0.717) is 0 Å².